The lowest BCUT2D eigenvalue weighted by Gasteiger charge is -2.17. The van der Waals surface area contributed by atoms with Gasteiger partial charge in [-0.15, -0.1) is 10.2 Å². The number of aryl methyl sites for hydroxylation is 1. The summed E-state index contributed by atoms with van der Waals surface area (Å²) in [5.41, 5.74) is 6.77. The average molecular weight is 346 g/mol. The van der Waals surface area contributed by atoms with Crippen molar-refractivity contribution in [3.05, 3.63) is 65.7 Å². The maximum absolute atomic E-state index is 12.2. The number of hydrogen-bond acceptors (Lipinski definition) is 5. The van der Waals surface area contributed by atoms with Gasteiger partial charge in [-0.1, -0.05) is 54.6 Å². The van der Waals surface area contributed by atoms with Gasteiger partial charge < -0.3 is 0 Å². The van der Waals surface area contributed by atoms with E-state index in [1.165, 1.54) is 10.4 Å². The zero-order chi connectivity index (χ0) is 17.8. The summed E-state index contributed by atoms with van der Waals surface area (Å²) in [4.78, 5) is 13.4. The molecule has 1 aliphatic rings. The van der Waals surface area contributed by atoms with Crippen LogP contribution in [0.3, 0.4) is 0 Å². The maximum Gasteiger partial charge on any atom is 0.263 e. The second kappa shape index (κ2) is 7.26. The summed E-state index contributed by atoms with van der Waals surface area (Å²) < 4.78 is 0. The van der Waals surface area contributed by atoms with Gasteiger partial charge in [0.05, 0.1) is 5.71 Å². The van der Waals surface area contributed by atoms with Crippen LogP contribution >= 0.6 is 0 Å². The van der Waals surface area contributed by atoms with Gasteiger partial charge in [0.2, 0.25) is 5.82 Å². The first kappa shape index (κ1) is 16.1. The molecule has 0 saturated carbocycles. The van der Waals surface area contributed by atoms with Crippen LogP contribution in [0, 0.1) is 0 Å². The van der Waals surface area contributed by atoms with Crippen molar-refractivity contribution in [1.82, 2.24) is 25.6 Å². The zero-order valence-electron chi connectivity index (χ0n) is 14.2. The minimum atomic E-state index is -0.280. The molecule has 1 N–H and O–H groups in total. The summed E-state index contributed by atoms with van der Waals surface area (Å²) in [5.74, 6) is 0.212. The lowest BCUT2D eigenvalue weighted by molar-refractivity contribution is -0.122. The average Bonchev–Trinajstić information content (AvgIpc) is 3.15. The van der Waals surface area contributed by atoms with E-state index in [-0.39, 0.29) is 12.5 Å². The molecule has 26 heavy (non-hydrogen) atoms. The third kappa shape index (κ3) is 3.51. The summed E-state index contributed by atoms with van der Waals surface area (Å²) in [7, 11) is 0. The van der Waals surface area contributed by atoms with Crippen LogP contribution in [-0.2, 0) is 17.8 Å². The number of carbonyl (C=O) groups excluding carboxylic acids is 1. The SMILES string of the molecule is O=C(Cn1nnc(-c2ccccc2)n1)NN=C1CCCc2ccccc21. The van der Waals surface area contributed by atoms with Crippen molar-refractivity contribution < 1.29 is 4.79 Å². The molecule has 0 fully saturated rings. The summed E-state index contributed by atoms with van der Waals surface area (Å²) in [5, 5.41) is 16.5. The molecule has 1 aromatic heterocycles. The van der Waals surface area contributed by atoms with E-state index < -0.39 is 0 Å². The van der Waals surface area contributed by atoms with Gasteiger partial charge >= 0.3 is 0 Å². The van der Waals surface area contributed by atoms with E-state index in [0.717, 1.165) is 36.1 Å². The highest BCUT2D eigenvalue weighted by molar-refractivity contribution is 6.03. The minimum Gasteiger partial charge on any atom is -0.271 e. The van der Waals surface area contributed by atoms with Crippen LogP contribution in [0.2, 0.25) is 0 Å². The van der Waals surface area contributed by atoms with Gasteiger partial charge in [-0.05, 0) is 30.0 Å². The monoisotopic (exact) mass is 346 g/mol. The van der Waals surface area contributed by atoms with E-state index in [1.807, 2.05) is 48.5 Å². The Balaban J connectivity index is 1.42. The van der Waals surface area contributed by atoms with Crippen LogP contribution in [0.5, 0.6) is 0 Å². The molecule has 1 heterocycles. The summed E-state index contributed by atoms with van der Waals surface area (Å²) in [6.45, 7) is -0.0295. The lowest BCUT2D eigenvalue weighted by Crippen LogP contribution is -2.26. The molecule has 130 valence electrons. The fourth-order valence-electron chi connectivity index (χ4n) is 3.02. The summed E-state index contributed by atoms with van der Waals surface area (Å²) in [6, 6.07) is 17.7. The summed E-state index contributed by atoms with van der Waals surface area (Å²) >= 11 is 0. The molecular formula is C19H18N6O. The Morgan fingerprint density at radius 1 is 1.08 bits per heavy atom. The number of aromatic nitrogens is 4. The number of rotatable bonds is 4. The number of amides is 1. The second-order valence-corrected chi connectivity index (χ2v) is 6.11. The van der Waals surface area contributed by atoms with Crippen molar-refractivity contribution in [2.24, 2.45) is 5.10 Å². The molecule has 2 aromatic carbocycles. The van der Waals surface area contributed by atoms with Crippen molar-refractivity contribution >= 4 is 11.6 Å². The van der Waals surface area contributed by atoms with Crippen LogP contribution in [0.1, 0.15) is 24.0 Å². The van der Waals surface area contributed by atoms with Gasteiger partial charge in [-0.3, -0.25) is 4.79 Å². The van der Waals surface area contributed by atoms with E-state index in [0.29, 0.717) is 5.82 Å². The largest absolute Gasteiger partial charge is 0.271 e. The van der Waals surface area contributed by atoms with E-state index in [1.54, 1.807) is 0 Å². The third-order valence-corrected chi connectivity index (χ3v) is 4.27. The van der Waals surface area contributed by atoms with Crippen molar-refractivity contribution in [2.75, 3.05) is 0 Å². The zero-order valence-corrected chi connectivity index (χ0v) is 14.2. The Hall–Kier alpha value is -3.35. The van der Waals surface area contributed by atoms with Crippen LogP contribution in [0.15, 0.2) is 59.7 Å². The normalized spacial score (nSPS) is 14.8. The van der Waals surface area contributed by atoms with E-state index >= 15 is 0 Å². The maximum atomic E-state index is 12.2. The van der Waals surface area contributed by atoms with Gasteiger partial charge in [-0.25, -0.2) is 5.43 Å². The number of carbonyl (C=O) groups is 1. The highest BCUT2D eigenvalue weighted by Gasteiger charge is 2.15. The number of benzene rings is 2. The molecular weight excluding hydrogens is 328 g/mol. The lowest BCUT2D eigenvalue weighted by atomic mass is 9.90. The molecule has 0 spiro atoms. The Bertz CT molecular complexity index is 947. The van der Waals surface area contributed by atoms with Gasteiger partial charge in [-0.2, -0.15) is 9.90 Å². The molecule has 0 saturated heterocycles. The molecule has 0 radical (unpaired) electrons. The molecule has 3 aromatic rings. The Morgan fingerprint density at radius 2 is 1.88 bits per heavy atom. The Labute approximate surface area is 150 Å². The van der Waals surface area contributed by atoms with Crippen molar-refractivity contribution in [1.29, 1.82) is 0 Å². The number of hydrogen-bond donors (Lipinski definition) is 1. The minimum absolute atomic E-state index is 0.0295. The quantitative estimate of drug-likeness (QED) is 0.734. The van der Waals surface area contributed by atoms with Gasteiger partial charge in [0.15, 0.2) is 0 Å². The number of fused-ring (bicyclic) bond motifs is 1. The fourth-order valence-corrected chi connectivity index (χ4v) is 3.02. The predicted octanol–water partition coefficient (Wildman–Crippen LogP) is 2.20. The molecule has 1 aliphatic carbocycles. The van der Waals surface area contributed by atoms with Gasteiger partial charge in [0, 0.05) is 11.1 Å². The van der Waals surface area contributed by atoms with Crippen LogP contribution < -0.4 is 5.43 Å². The number of hydrazone groups is 1. The smallest absolute Gasteiger partial charge is 0.263 e. The highest BCUT2D eigenvalue weighted by atomic mass is 16.2. The first-order chi connectivity index (χ1) is 12.8. The number of nitrogens with one attached hydrogen (secondary N) is 1. The molecule has 4 rings (SSSR count). The Kier molecular flexibility index (Phi) is 4.51. The van der Waals surface area contributed by atoms with Crippen molar-refractivity contribution in [2.45, 2.75) is 25.8 Å². The molecule has 7 nitrogen and oxygen atoms in total. The third-order valence-electron chi connectivity index (χ3n) is 4.27. The standard InChI is InChI=1S/C19H18N6O/c26-18(13-25-23-19(22-24-25)15-8-2-1-3-9-15)21-20-17-12-6-10-14-7-4-5-11-16(14)17/h1-5,7-9,11H,6,10,12-13H2,(H,21,26). The fraction of sp³-hybridized carbons (Fsp3) is 0.211. The van der Waals surface area contributed by atoms with Crippen molar-refractivity contribution in [3.63, 3.8) is 0 Å². The first-order valence-corrected chi connectivity index (χ1v) is 8.56. The number of nitrogens with zero attached hydrogens (tertiary/aromatic N) is 5. The molecule has 0 bridgehead atoms. The number of tetrazole rings is 1. The van der Waals surface area contributed by atoms with E-state index in [4.69, 9.17) is 0 Å². The highest BCUT2D eigenvalue weighted by Crippen LogP contribution is 2.21. The molecule has 1 amide bonds. The van der Waals surface area contributed by atoms with E-state index in [2.05, 4.69) is 32.0 Å². The molecule has 0 atom stereocenters. The van der Waals surface area contributed by atoms with Crippen LogP contribution in [0.4, 0.5) is 0 Å². The second-order valence-electron chi connectivity index (χ2n) is 6.11. The van der Waals surface area contributed by atoms with Crippen molar-refractivity contribution in [3.8, 4) is 11.4 Å². The Morgan fingerprint density at radius 3 is 2.77 bits per heavy atom. The summed E-state index contributed by atoms with van der Waals surface area (Å²) in [6.07, 6.45) is 2.95. The topological polar surface area (TPSA) is 85.1 Å². The molecule has 0 unspecified atom stereocenters. The van der Waals surface area contributed by atoms with Crippen LogP contribution in [-0.4, -0.2) is 31.8 Å². The van der Waals surface area contributed by atoms with Crippen LogP contribution in [0.25, 0.3) is 11.4 Å². The predicted molar refractivity (Wildman–Crippen MR) is 97.3 cm³/mol. The van der Waals surface area contributed by atoms with Gasteiger partial charge in [0.1, 0.15) is 6.54 Å². The molecule has 7 heteroatoms. The first-order valence-electron chi connectivity index (χ1n) is 8.56. The molecule has 0 aliphatic heterocycles. The van der Waals surface area contributed by atoms with E-state index in [9.17, 15) is 4.79 Å². The van der Waals surface area contributed by atoms with Gasteiger partial charge in [0.25, 0.3) is 5.91 Å².